The fraction of sp³-hybridized carbons (Fsp3) is 0.478. The lowest BCUT2D eigenvalue weighted by atomic mass is 9.75. The Bertz CT molecular complexity index is 1030. The highest BCUT2D eigenvalue weighted by Crippen LogP contribution is 2.55. The number of sulfonamides is 1. The van der Waals surface area contributed by atoms with E-state index in [4.69, 9.17) is 21.1 Å². The van der Waals surface area contributed by atoms with Crippen LogP contribution >= 0.6 is 11.6 Å². The number of nitrogens with one attached hydrogen (secondary N) is 1. The third kappa shape index (κ3) is 3.86. The minimum atomic E-state index is -3.65. The highest BCUT2D eigenvalue weighted by molar-refractivity contribution is 7.89. The summed E-state index contributed by atoms with van der Waals surface area (Å²) in [5.41, 5.74) is 0.143. The second-order valence-electron chi connectivity index (χ2n) is 8.80. The first kappa shape index (κ1) is 21.6. The summed E-state index contributed by atoms with van der Waals surface area (Å²) >= 11 is 6.44. The number of rotatable bonds is 7. The molecule has 162 valence electrons. The van der Waals surface area contributed by atoms with Gasteiger partial charge in [-0.25, -0.2) is 13.1 Å². The van der Waals surface area contributed by atoms with Crippen molar-refractivity contribution in [3.05, 3.63) is 59.1 Å². The number of hydrogen-bond acceptors (Lipinski definition) is 4. The van der Waals surface area contributed by atoms with E-state index in [-0.39, 0.29) is 28.7 Å². The van der Waals surface area contributed by atoms with E-state index in [0.29, 0.717) is 22.3 Å². The Morgan fingerprint density at radius 3 is 2.57 bits per heavy atom. The quantitative estimate of drug-likeness (QED) is 0.650. The maximum atomic E-state index is 12.6. The lowest BCUT2D eigenvalue weighted by molar-refractivity contribution is -0.0770. The van der Waals surface area contributed by atoms with Crippen LogP contribution in [-0.2, 0) is 21.3 Å². The molecule has 0 aromatic heterocycles. The molecule has 0 unspecified atom stereocenters. The molecule has 0 aliphatic carbocycles. The van der Waals surface area contributed by atoms with Crippen LogP contribution in [0.3, 0.4) is 0 Å². The zero-order valence-electron chi connectivity index (χ0n) is 17.5. The third-order valence-electron chi connectivity index (χ3n) is 6.58. The molecule has 2 aliphatic rings. The average molecular weight is 450 g/mol. The van der Waals surface area contributed by atoms with Gasteiger partial charge in [0.15, 0.2) is 0 Å². The Labute approximate surface area is 183 Å². The van der Waals surface area contributed by atoms with Crippen molar-refractivity contribution in [2.24, 2.45) is 5.92 Å². The van der Waals surface area contributed by atoms with E-state index in [9.17, 15) is 8.42 Å². The first-order valence-electron chi connectivity index (χ1n) is 10.3. The second-order valence-corrected chi connectivity index (χ2v) is 11.0. The van der Waals surface area contributed by atoms with Gasteiger partial charge in [-0.05, 0) is 49.9 Å². The van der Waals surface area contributed by atoms with Crippen LogP contribution in [0.4, 0.5) is 0 Å². The predicted molar refractivity (Wildman–Crippen MR) is 117 cm³/mol. The van der Waals surface area contributed by atoms with Crippen molar-refractivity contribution in [3.63, 3.8) is 0 Å². The number of halogens is 1. The predicted octanol–water partition coefficient (Wildman–Crippen LogP) is 4.93. The maximum Gasteiger partial charge on any atom is 0.240 e. The minimum absolute atomic E-state index is 0.0475. The van der Waals surface area contributed by atoms with Crippen molar-refractivity contribution >= 4 is 21.6 Å². The molecule has 0 saturated carbocycles. The van der Waals surface area contributed by atoms with Crippen LogP contribution in [0.15, 0.2) is 53.4 Å². The summed E-state index contributed by atoms with van der Waals surface area (Å²) in [6.45, 7) is 6.54. The van der Waals surface area contributed by atoms with Gasteiger partial charge < -0.3 is 9.47 Å². The molecular weight excluding hydrogens is 422 g/mol. The van der Waals surface area contributed by atoms with Crippen LogP contribution < -0.4 is 9.46 Å². The molecule has 2 aromatic carbocycles. The molecule has 4 rings (SSSR count). The molecular formula is C23H28ClNO4S. The molecule has 2 heterocycles. The van der Waals surface area contributed by atoms with E-state index < -0.39 is 10.0 Å². The third-order valence-corrected chi connectivity index (χ3v) is 8.35. The second kappa shape index (κ2) is 7.83. The standard InChI is InChI=1S/C23H28ClNO4S/c1-16(2)23-13-12-22(3,29-23)21(14-23)28-20-11-7-10-19(24)18(20)15-25-30(26,27)17-8-5-4-6-9-17/h4-11,16,21,25H,12-15H2,1-3H3/t21-,22-,23-/m1/s1. The number of fused-ring (bicyclic) bond motifs is 2. The van der Waals surface area contributed by atoms with Gasteiger partial charge in [0.05, 0.1) is 10.5 Å². The summed E-state index contributed by atoms with van der Waals surface area (Å²) in [4.78, 5) is 0.215. The van der Waals surface area contributed by atoms with E-state index in [0.717, 1.165) is 19.3 Å². The van der Waals surface area contributed by atoms with Crippen LogP contribution in [-0.4, -0.2) is 25.7 Å². The monoisotopic (exact) mass is 449 g/mol. The SMILES string of the molecule is CC(C)[C@]12CC[C@@](C)(O1)[C@H](Oc1cccc(Cl)c1CNS(=O)(=O)c1ccccc1)C2. The molecule has 2 bridgehead atoms. The molecule has 0 spiro atoms. The molecule has 0 radical (unpaired) electrons. The van der Waals surface area contributed by atoms with Gasteiger partial charge in [0.2, 0.25) is 10.0 Å². The van der Waals surface area contributed by atoms with Crippen LogP contribution in [0, 0.1) is 5.92 Å². The summed E-state index contributed by atoms with van der Waals surface area (Å²) in [6.07, 6.45) is 2.71. The molecule has 7 heteroatoms. The highest BCUT2D eigenvalue weighted by atomic mass is 35.5. The van der Waals surface area contributed by atoms with Gasteiger partial charge in [0, 0.05) is 23.6 Å². The zero-order chi connectivity index (χ0) is 21.6. The van der Waals surface area contributed by atoms with E-state index in [2.05, 4.69) is 25.5 Å². The molecule has 3 atom stereocenters. The van der Waals surface area contributed by atoms with Gasteiger partial charge in [-0.15, -0.1) is 0 Å². The van der Waals surface area contributed by atoms with Gasteiger partial charge in [-0.3, -0.25) is 0 Å². The number of ether oxygens (including phenoxy) is 2. The van der Waals surface area contributed by atoms with E-state index in [1.54, 1.807) is 36.4 Å². The molecule has 1 N–H and O–H groups in total. The molecule has 2 aliphatic heterocycles. The molecule has 5 nitrogen and oxygen atoms in total. The summed E-state index contributed by atoms with van der Waals surface area (Å²) in [5, 5.41) is 0.469. The van der Waals surface area contributed by atoms with Crippen molar-refractivity contribution in [2.75, 3.05) is 0 Å². The van der Waals surface area contributed by atoms with Gasteiger partial charge >= 0.3 is 0 Å². The van der Waals surface area contributed by atoms with Crippen molar-refractivity contribution in [2.45, 2.75) is 68.8 Å². The van der Waals surface area contributed by atoms with Crippen LogP contribution in [0.5, 0.6) is 5.75 Å². The molecule has 2 aromatic rings. The number of benzene rings is 2. The van der Waals surface area contributed by atoms with Crippen molar-refractivity contribution < 1.29 is 17.9 Å². The molecule has 2 saturated heterocycles. The van der Waals surface area contributed by atoms with Gasteiger partial charge in [0.1, 0.15) is 17.5 Å². The average Bonchev–Trinajstić information content (AvgIpc) is 3.20. The molecule has 30 heavy (non-hydrogen) atoms. The Balaban J connectivity index is 1.55. The Morgan fingerprint density at radius 1 is 1.17 bits per heavy atom. The van der Waals surface area contributed by atoms with E-state index >= 15 is 0 Å². The summed E-state index contributed by atoms with van der Waals surface area (Å²) in [7, 11) is -3.65. The van der Waals surface area contributed by atoms with Crippen molar-refractivity contribution in [1.82, 2.24) is 4.72 Å². The number of hydrogen-bond donors (Lipinski definition) is 1. The fourth-order valence-corrected chi connectivity index (χ4v) is 5.81. The molecule has 0 amide bonds. The Hall–Kier alpha value is -1.60. The van der Waals surface area contributed by atoms with Crippen LogP contribution in [0.1, 0.15) is 45.6 Å². The lowest BCUT2D eigenvalue weighted by Crippen LogP contribution is -2.40. The van der Waals surface area contributed by atoms with Crippen LogP contribution in [0.25, 0.3) is 0 Å². The van der Waals surface area contributed by atoms with E-state index in [1.165, 1.54) is 0 Å². The van der Waals surface area contributed by atoms with E-state index in [1.807, 2.05) is 12.1 Å². The maximum absolute atomic E-state index is 12.6. The summed E-state index contributed by atoms with van der Waals surface area (Å²) < 4.78 is 40.8. The van der Waals surface area contributed by atoms with Gasteiger partial charge in [0.25, 0.3) is 0 Å². The largest absolute Gasteiger partial charge is 0.487 e. The topological polar surface area (TPSA) is 64.6 Å². The molecule has 2 fully saturated rings. The highest BCUT2D eigenvalue weighted by Gasteiger charge is 2.61. The van der Waals surface area contributed by atoms with Crippen molar-refractivity contribution in [1.29, 1.82) is 0 Å². The first-order chi connectivity index (χ1) is 14.2. The lowest BCUT2D eigenvalue weighted by Gasteiger charge is -2.32. The normalized spacial score (nSPS) is 28.2. The minimum Gasteiger partial charge on any atom is -0.487 e. The zero-order valence-corrected chi connectivity index (χ0v) is 19.1. The fourth-order valence-electron chi connectivity index (χ4n) is 4.56. The smallest absolute Gasteiger partial charge is 0.240 e. The van der Waals surface area contributed by atoms with Gasteiger partial charge in [-0.2, -0.15) is 0 Å². The first-order valence-corrected chi connectivity index (χ1v) is 12.2. The van der Waals surface area contributed by atoms with Gasteiger partial charge in [-0.1, -0.05) is 49.7 Å². The summed E-state index contributed by atoms with van der Waals surface area (Å²) in [6, 6.07) is 13.7. The van der Waals surface area contributed by atoms with Crippen molar-refractivity contribution in [3.8, 4) is 5.75 Å². The Kier molecular flexibility index (Phi) is 5.64. The van der Waals surface area contributed by atoms with Crippen LogP contribution in [0.2, 0.25) is 5.02 Å². The Morgan fingerprint density at radius 2 is 1.90 bits per heavy atom. The summed E-state index contributed by atoms with van der Waals surface area (Å²) in [5.74, 6) is 1.00.